The minimum absolute atomic E-state index is 0.256. The molecule has 2 aliphatic heterocycles. The Morgan fingerprint density at radius 1 is 1.00 bits per heavy atom. The number of piperidine rings is 1. The van der Waals surface area contributed by atoms with E-state index < -0.39 is 0 Å². The third-order valence-electron chi connectivity index (χ3n) is 9.22. The highest BCUT2D eigenvalue weighted by molar-refractivity contribution is 6.39. The third-order valence-corrected chi connectivity index (χ3v) is 10.0. The van der Waals surface area contributed by atoms with E-state index in [1.165, 1.54) is 0 Å². The molecule has 2 aliphatic rings. The van der Waals surface area contributed by atoms with Crippen molar-refractivity contribution in [3.63, 3.8) is 0 Å². The molecule has 2 aromatic carbocycles. The second-order valence-electron chi connectivity index (χ2n) is 12.5. The largest absolute Gasteiger partial charge is 0.481 e. The maximum Gasteiger partial charge on any atom is 0.291 e. The van der Waals surface area contributed by atoms with Crippen molar-refractivity contribution in [2.75, 3.05) is 39.1 Å². The second kappa shape index (κ2) is 13.0. The molecule has 238 valence electrons. The van der Waals surface area contributed by atoms with Crippen LogP contribution in [0.1, 0.15) is 47.3 Å². The number of carbonyl (C=O) groups is 1. The molecular weight excluding hydrogens is 621 g/mol. The van der Waals surface area contributed by atoms with Crippen molar-refractivity contribution in [2.24, 2.45) is 12.5 Å². The molecule has 0 saturated carbocycles. The van der Waals surface area contributed by atoms with Gasteiger partial charge in [0.15, 0.2) is 5.82 Å². The van der Waals surface area contributed by atoms with Gasteiger partial charge in [-0.2, -0.15) is 5.26 Å². The zero-order chi connectivity index (χ0) is 32.6. The van der Waals surface area contributed by atoms with E-state index in [2.05, 4.69) is 26.2 Å². The first kappa shape index (κ1) is 32.0. The van der Waals surface area contributed by atoms with Gasteiger partial charge in [-0.25, -0.2) is 9.97 Å². The van der Waals surface area contributed by atoms with Crippen LogP contribution < -0.4 is 10.1 Å². The van der Waals surface area contributed by atoms with E-state index in [9.17, 15) is 10.1 Å². The summed E-state index contributed by atoms with van der Waals surface area (Å²) >= 11 is 14.0. The second-order valence-corrected chi connectivity index (χ2v) is 13.2. The zero-order valence-electron chi connectivity index (χ0n) is 26.5. The number of hydrogen-bond donors (Lipinski definition) is 1. The molecule has 0 spiro atoms. The average molecular weight is 659 g/mol. The molecule has 0 radical (unpaired) electrons. The summed E-state index contributed by atoms with van der Waals surface area (Å²) in [5.74, 6) is 0.572. The summed E-state index contributed by atoms with van der Waals surface area (Å²) in [6.07, 6.45) is 2.53. The molecule has 2 aromatic heterocycles. The topological polar surface area (TPSA) is 99.3 Å². The van der Waals surface area contributed by atoms with Crippen LogP contribution in [0.2, 0.25) is 10.0 Å². The molecule has 0 unspecified atom stereocenters. The number of benzene rings is 2. The number of fused-ring (bicyclic) bond motifs is 1. The lowest BCUT2D eigenvalue weighted by atomic mass is 9.82. The van der Waals surface area contributed by atoms with Crippen LogP contribution in [0.15, 0.2) is 48.5 Å². The normalized spacial score (nSPS) is 16.5. The van der Waals surface area contributed by atoms with Crippen molar-refractivity contribution in [2.45, 2.75) is 39.3 Å². The predicted octanol–water partition coefficient (Wildman–Crippen LogP) is 6.83. The minimum atomic E-state index is -0.321. The molecule has 1 saturated heterocycles. The first-order valence-electron chi connectivity index (χ1n) is 15.4. The van der Waals surface area contributed by atoms with Gasteiger partial charge in [-0.15, -0.1) is 0 Å². The first-order valence-corrected chi connectivity index (χ1v) is 16.2. The number of nitrogens with one attached hydrogen (secondary N) is 1. The number of hydrogen-bond acceptors (Lipinski definition) is 7. The number of aromatic nitrogens is 3. The number of nitrogens with zero attached hydrogens (tertiary/aromatic N) is 6. The van der Waals surface area contributed by atoms with Crippen LogP contribution in [0.3, 0.4) is 0 Å². The van der Waals surface area contributed by atoms with Gasteiger partial charge < -0.3 is 19.5 Å². The van der Waals surface area contributed by atoms with Crippen molar-refractivity contribution in [1.82, 2.24) is 24.3 Å². The van der Waals surface area contributed by atoms with Gasteiger partial charge in [-0.05, 0) is 52.0 Å². The molecule has 9 nitrogen and oxygen atoms in total. The molecule has 0 aliphatic carbocycles. The molecule has 1 fully saturated rings. The molecule has 1 amide bonds. The number of likely N-dealkylation sites (tertiary alicyclic amines) is 1. The van der Waals surface area contributed by atoms with Gasteiger partial charge in [0, 0.05) is 61.1 Å². The molecule has 6 rings (SSSR count). The molecule has 0 atom stereocenters. The SMILES string of the molecule is COc1nc(-c2cccc(-c3cccc(NC(=O)c4nc5c(n4C)CCN(C)C5)c3Cl)c2Cl)ccc1CN1CCC(C)(C#N)CC1. The monoisotopic (exact) mass is 657 g/mol. The van der Waals surface area contributed by atoms with Crippen LogP contribution in [-0.4, -0.2) is 64.0 Å². The maximum atomic E-state index is 13.4. The number of rotatable bonds is 7. The summed E-state index contributed by atoms with van der Waals surface area (Å²) in [5, 5.41) is 13.3. The maximum absolute atomic E-state index is 13.4. The van der Waals surface area contributed by atoms with Crippen LogP contribution >= 0.6 is 23.2 Å². The van der Waals surface area contributed by atoms with Crippen LogP contribution in [0.4, 0.5) is 5.69 Å². The van der Waals surface area contributed by atoms with Crippen molar-refractivity contribution < 1.29 is 9.53 Å². The highest BCUT2D eigenvalue weighted by atomic mass is 35.5. The van der Waals surface area contributed by atoms with Crippen molar-refractivity contribution in [3.8, 4) is 34.3 Å². The van der Waals surface area contributed by atoms with E-state index in [0.717, 1.165) is 67.0 Å². The highest BCUT2D eigenvalue weighted by Crippen LogP contribution is 2.42. The number of imidazole rings is 1. The Morgan fingerprint density at radius 3 is 2.41 bits per heavy atom. The number of nitriles is 1. The van der Waals surface area contributed by atoms with Crippen LogP contribution in [0, 0.1) is 16.7 Å². The zero-order valence-corrected chi connectivity index (χ0v) is 28.0. The smallest absolute Gasteiger partial charge is 0.291 e. The van der Waals surface area contributed by atoms with E-state index in [4.69, 9.17) is 32.9 Å². The minimum Gasteiger partial charge on any atom is -0.481 e. The number of anilines is 1. The van der Waals surface area contributed by atoms with Gasteiger partial charge in [-0.3, -0.25) is 9.69 Å². The molecular formula is C35H37Cl2N7O2. The lowest BCUT2D eigenvalue weighted by Crippen LogP contribution is -2.37. The third kappa shape index (κ3) is 6.23. The Morgan fingerprint density at radius 2 is 1.70 bits per heavy atom. The Kier molecular flexibility index (Phi) is 9.08. The number of methoxy groups -OCH3 is 1. The summed E-state index contributed by atoms with van der Waals surface area (Å²) < 4.78 is 7.58. The lowest BCUT2D eigenvalue weighted by molar-refractivity contribution is 0.101. The number of amides is 1. The fourth-order valence-electron chi connectivity index (χ4n) is 6.29. The Bertz CT molecular complexity index is 1840. The number of ether oxygens (including phenoxy) is 1. The van der Waals surface area contributed by atoms with Crippen LogP contribution in [-0.2, 0) is 26.6 Å². The Hall–Kier alpha value is -3.94. The number of halogens is 2. The lowest BCUT2D eigenvalue weighted by Gasteiger charge is -2.35. The fourth-order valence-corrected chi connectivity index (χ4v) is 6.89. The fraction of sp³-hybridized carbons (Fsp3) is 0.371. The summed E-state index contributed by atoms with van der Waals surface area (Å²) in [5.41, 5.74) is 6.02. The van der Waals surface area contributed by atoms with Crippen molar-refractivity contribution in [1.29, 1.82) is 5.26 Å². The summed E-state index contributed by atoms with van der Waals surface area (Å²) in [6.45, 7) is 6.07. The van der Waals surface area contributed by atoms with Gasteiger partial charge in [0.25, 0.3) is 5.91 Å². The van der Waals surface area contributed by atoms with Crippen molar-refractivity contribution >= 4 is 34.8 Å². The summed E-state index contributed by atoms with van der Waals surface area (Å²) in [4.78, 5) is 27.4. The molecule has 11 heteroatoms. The van der Waals surface area contributed by atoms with Gasteiger partial charge >= 0.3 is 0 Å². The standard InChI is InChI=1S/C35H37Cl2N7O2/c1-35(21-38)14-17-44(18-15-35)19-22-11-12-26(41-34(22)46-4)25-9-5-7-23(30(25)36)24-8-6-10-27(31(24)37)40-33(45)32-39-28-20-42(2)16-13-29(28)43(32)3/h5-12H,13-20H2,1-4H3,(H,40,45). The van der Waals surface area contributed by atoms with Crippen molar-refractivity contribution in [3.05, 3.63) is 81.4 Å². The molecule has 4 heterocycles. The van der Waals surface area contributed by atoms with Gasteiger partial charge in [0.1, 0.15) is 0 Å². The molecule has 4 aromatic rings. The number of pyridine rings is 1. The van der Waals surface area contributed by atoms with Crippen LogP contribution in [0.5, 0.6) is 5.88 Å². The van der Waals surface area contributed by atoms with Gasteiger partial charge in [0.2, 0.25) is 5.88 Å². The summed E-state index contributed by atoms with van der Waals surface area (Å²) in [6, 6.07) is 17.7. The Labute approximate surface area is 279 Å². The predicted molar refractivity (Wildman–Crippen MR) is 181 cm³/mol. The number of carbonyl (C=O) groups excluding carboxylic acids is 1. The van der Waals surface area contributed by atoms with Crippen LogP contribution in [0.25, 0.3) is 22.4 Å². The molecule has 0 bridgehead atoms. The molecule has 1 N–H and O–H groups in total. The average Bonchev–Trinajstić information content (AvgIpc) is 3.39. The summed E-state index contributed by atoms with van der Waals surface area (Å²) in [7, 11) is 5.55. The first-order chi connectivity index (χ1) is 22.1. The number of likely N-dealkylation sites (N-methyl/N-ethyl adjacent to an activating group) is 1. The van der Waals surface area contributed by atoms with E-state index in [1.807, 2.05) is 68.1 Å². The van der Waals surface area contributed by atoms with E-state index in [0.29, 0.717) is 51.8 Å². The highest BCUT2D eigenvalue weighted by Gasteiger charge is 2.30. The molecule has 46 heavy (non-hydrogen) atoms. The van der Waals surface area contributed by atoms with Gasteiger partial charge in [-0.1, -0.05) is 59.6 Å². The Balaban J connectivity index is 1.24. The quantitative estimate of drug-likeness (QED) is 0.233. The van der Waals surface area contributed by atoms with E-state index >= 15 is 0 Å². The van der Waals surface area contributed by atoms with Gasteiger partial charge in [0.05, 0.1) is 45.7 Å². The van der Waals surface area contributed by atoms with E-state index in [-0.39, 0.29) is 11.3 Å². The van der Waals surface area contributed by atoms with E-state index in [1.54, 1.807) is 13.2 Å².